The molecule has 2 aromatic rings. The number of carbonyl (C=O) groups is 1. The normalized spacial score (nSPS) is 20.6. The van der Waals surface area contributed by atoms with Crippen molar-refractivity contribution in [3.63, 3.8) is 0 Å². The average Bonchev–Trinajstić information content (AvgIpc) is 3.11. The van der Waals surface area contributed by atoms with Gasteiger partial charge < -0.3 is 19.1 Å². The smallest absolute Gasteiger partial charge is 0.253 e. The second kappa shape index (κ2) is 7.23. The molecule has 2 aromatic carbocycles. The van der Waals surface area contributed by atoms with E-state index in [-0.39, 0.29) is 11.9 Å². The fourth-order valence-corrected chi connectivity index (χ4v) is 4.17. The first-order chi connectivity index (χ1) is 13.8. The maximum atomic E-state index is 13.3. The lowest BCUT2D eigenvalue weighted by Crippen LogP contribution is -2.34. The molecule has 0 aliphatic carbocycles. The van der Waals surface area contributed by atoms with Crippen molar-refractivity contribution in [3.8, 4) is 17.2 Å². The number of amides is 1. The molecule has 1 fully saturated rings. The molecule has 0 saturated carbocycles. The van der Waals surface area contributed by atoms with Crippen LogP contribution < -0.4 is 14.2 Å². The van der Waals surface area contributed by atoms with E-state index in [2.05, 4.69) is 6.07 Å². The van der Waals surface area contributed by atoms with Crippen LogP contribution in [0.1, 0.15) is 36.4 Å². The lowest BCUT2D eigenvalue weighted by molar-refractivity contribution is -0.128. The molecule has 1 amide bonds. The Hall–Kier alpha value is -2.95. The third-order valence-electron chi connectivity index (χ3n) is 5.58. The number of likely N-dealkylation sites (tertiary alicyclic amines) is 1. The van der Waals surface area contributed by atoms with Gasteiger partial charge in [0.1, 0.15) is 12.4 Å². The first kappa shape index (κ1) is 17.2. The number of ether oxygens (including phenoxy) is 3. The summed E-state index contributed by atoms with van der Waals surface area (Å²) in [6, 6.07) is 13.9. The molecule has 144 valence electrons. The third kappa shape index (κ3) is 3.11. The SMILES string of the molecule is O=C(C1=Cc2ccccc2OC1)N1CCC[C@@H]1c1ccc2c(c1)OCCCO2. The van der Waals surface area contributed by atoms with Crippen LogP contribution >= 0.6 is 0 Å². The number of rotatable bonds is 2. The molecule has 1 saturated heterocycles. The summed E-state index contributed by atoms with van der Waals surface area (Å²) >= 11 is 0. The Bertz CT molecular complexity index is 936. The molecule has 0 spiro atoms. The highest BCUT2D eigenvalue weighted by atomic mass is 16.5. The van der Waals surface area contributed by atoms with Gasteiger partial charge in [-0.25, -0.2) is 0 Å². The van der Waals surface area contributed by atoms with E-state index in [1.165, 1.54) is 0 Å². The number of fused-ring (bicyclic) bond motifs is 2. The highest BCUT2D eigenvalue weighted by molar-refractivity contribution is 5.99. The van der Waals surface area contributed by atoms with E-state index in [0.717, 1.165) is 54.2 Å². The summed E-state index contributed by atoms with van der Waals surface area (Å²) in [5.41, 5.74) is 2.77. The van der Waals surface area contributed by atoms with Crippen LogP contribution in [0.25, 0.3) is 6.08 Å². The van der Waals surface area contributed by atoms with Gasteiger partial charge in [0.2, 0.25) is 0 Å². The molecular formula is C23H23NO4. The predicted octanol–water partition coefficient (Wildman–Crippen LogP) is 3.99. The average molecular weight is 377 g/mol. The van der Waals surface area contributed by atoms with Crippen LogP contribution in [0.2, 0.25) is 0 Å². The summed E-state index contributed by atoms with van der Waals surface area (Å²) in [5.74, 6) is 2.46. The van der Waals surface area contributed by atoms with Gasteiger partial charge in [-0.1, -0.05) is 24.3 Å². The van der Waals surface area contributed by atoms with Crippen molar-refractivity contribution in [2.45, 2.75) is 25.3 Å². The molecule has 0 radical (unpaired) electrons. The quantitative estimate of drug-likeness (QED) is 0.794. The van der Waals surface area contributed by atoms with Crippen LogP contribution in [-0.2, 0) is 4.79 Å². The number of hydrogen-bond donors (Lipinski definition) is 0. The van der Waals surface area contributed by atoms with Crippen molar-refractivity contribution in [2.75, 3.05) is 26.4 Å². The van der Waals surface area contributed by atoms with Crippen LogP contribution in [0.15, 0.2) is 48.0 Å². The van der Waals surface area contributed by atoms with Crippen LogP contribution in [0.3, 0.4) is 0 Å². The van der Waals surface area contributed by atoms with Gasteiger partial charge in [0.15, 0.2) is 11.5 Å². The molecule has 5 heteroatoms. The van der Waals surface area contributed by atoms with Crippen LogP contribution in [0.4, 0.5) is 0 Å². The molecule has 5 nitrogen and oxygen atoms in total. The van der Waals surface area contributed by atoms with Crippen molar-refractivity contribution in [1.29, 1.82) is 0 Å². The second-order valence-electron chi connectivity index (χ2n) is 7.41. The van der Waals surface area contributed by atoms with E-state index in [4.69, 9.17) is 14.2 Å². The fraction of sp³-hybridized carbons (Fsp3) is 0.348. The van der Waals surface area contributed by atoms with Crippen molar-refractivity contribution in [2.24, 2.45) is 0 Å². The summed E-state index contributed by atoms with van der Waals surface area (Å²) in [5, 5.41) is 0. The number of carbonyl (C=O) groups excluding carboxylic acids is 1. The Kier molecular flexibility index (Phi) is 4.43. The van der Waals surface area contributed by atoms with Gasteiger partial charge in [-0.05, 0) is 42.7 Å². The molecule has 28 heavy (non-hydrogen) atoms. The summed E-state index contributed by atoms with van der Waals surface area (Å²) in [6.45, 7) is 2.42. The summed E-state index contributed by atoms with van der Waals surface area (Å²) in [4.78, 5) is 15.2. The van der Waals surface area contributed by atoms with Crippen LogP contribution in [0, 0.1) is 0 Å². The van der Waals surface area contributed by atoms with Crippen molar-refractivity contribution in [3.05, 3.63) is 59.2 Å². The van der Waals surface area contributed by atoms with Gasteiger partial charge in [-0.15, -0.1) is 0 Å². The highest BCUT2D eigenvalue weighted by Gasteiger charge is 2.33. The topological polar surface area (TPSA) is 48.0 Å². The van der Waals surface area contributed by atoms with Crippen LogP contribution in [-0.4, -0.2) is 37.2 Å². The van der Waals surface area contributed by atoms with E-state index in [9.17, 15) is 4.79 Å². The highest BCUT2D eigenvalue weighted by Crippen LogP contribution is 2.39. The van der Waals surface area contributed by atoms with Gasteiger partial charge in [-0.3, -0.25) is 4.79 Å². The first-order valence-corrected chi connectivity index (χ1v) is 9.92. The van der Waals surface area contributed by atoms with Gasteiger partial charge in [0.05, 0.1) is 24.8 Å². The summed E-state index contributed by atoms with van der Waals surface area (Å²) in [6.07, 6.45) is 4.80. The van der Waals surface area contributed by atoms with Gasteiger partial charge in [0, 0.05) is 18.5 Å². The second-order valence-corrected chi connectivity index (χ2v) is 7.41. The Morgan fingerprint density at radius 1 is 0.929 bits per heavy atom. The summed E-state index contributed by atoms with van der Waals surface area (Å²) < 4.78 is 17.4. The zero-order valence-corrected chi connectivity index (χ0v) is 15.7. The van der Waals surface area contributed by atoms with Gasteiger partial charge >= 0.3 is 0 Å². The van der Waals surface area contributed by atoms with E-state index >= 15 is 0 Å². The largest absolute Gasteiger partial charge is 0.490 e. The minimum Gasteiger partial charge on any atom is -0.490 e. The number of hydrogen-bond acceptors (Lipinski definition) is 4. The molecule has 3 heterocycles. The zero-order valence-electron chi connectivity index (χ0n) is 15.7. The van der Waals surface area contributed by atoms with Crippen molar-refractivity contribution < 1.29 is 19.0 Å². The third-order valence-corrected chi connectivity index (χ3v) is 5.58. The maximum Gasteiger partial charge on any atom is 0.253 e. The van der Waals surface area contributed by atoms with Gasteiger partial charge in [-0.2, -0.15) is 0 Å². The Labute approximate surface area is 164 Å². The van der Waals surface area contributed by atoms with E-state index in [1.807, 2.05) is 47.4 Å². The molecule has 0 bridgehead atoms. The molecule has 0 N–H and O–H groups in total. The lowest BCUT2D eigenvalue weighted by Gasteiger charge is -2.28. The minimum atomic E-state index is 0.0581. The molecule has 3 aliphatic heterocycles. The van der Waals surface area contributed by atoms with E-state index < -0.39 is 0 Å². The molecule has 3 aliphatic rings. The summed E-state index contributed by atoms with van der Waals surface area (Å²) in [7, 11) is 0. The maximum absolute atomic E-state index is 13.3. The Balaban J connectivity index is 1.41. The first-order valence-electron chi connectivity index (χ1n) is 9.92. The molecule has 0 unspecified atom stereocenters. The van der Waals surface area contributed by atoms with E-state index in [1.54, 1.807) is 0 Å². The number of nitrogens with zero attached hydrogens (tertiary/aromatic N) is 1. The predicted molar refractivity (Wildman–Crippen MR) is 106 cm³/mol. The fourth-order valence-electron chi connectivity index (χ4n) is 4.17. The van der Waals surface area contributed by atoms with Crippen LogP contribution in [0.5, 0.6) is 17.2 Å². The van der Waals surface area contributed by atoms with Gasteiger partial charge in [0.25, 0.3) is 5.91 Å². The monoisotopic (exact) mass is 377 g/mol. The molecular weight excluding hydrogens is 354 g/mol. The molecule has 5 rings (SSSR count). The standard InChI is InChI=1S/C23H23NO4/c25-23(18-13-17-5-1-2-7-20(17)28-15-18)24-10-3-6-19(24)16-8-9-21-22(14-16)27-12-4-11-26-21/h1-2,5,7-9,13-14,19H,3-4,6,10-12,15H2/t19-/m1/s1. The van der Waals surface area contributed by atoms with Crippen molar-refractivity contribution in [1.82, 2.24) is 4.90 Å². The number of benzene rings is 2. The Morgan fingerprint density at radius 2 is 1.79 bits per heavy atom. The molecule has 1 atom stereocenters. The van der Waals surface area contributed by atoms with E-state index in [0.29, 0.717) is 25.4 Å². The Morgan fingerprint density at radius 3 is 2.71 bits per heavy atom. The minimum absolute atomic E-state index is 0.0581. The molecule has 0 aromatic heterocycles. The van der Waals surface area contributed by atoms with Crippen molar-refractivity contribution >= 4 is 12.0 Å². The lowest BCUT2D eigenvalue weighted by atomic mass is 10.0. The number of para-hydroxylation sites is 1. The zero-order chi connectivity index (χ0) is 18.9.